The van der Waals surface area contributed by atoms with Gasteiger partial charge in [-0.05, 0) is 25.1 Å². The number of esters is 1. The van der Waals surface area contributed by atoms with Gasteiger partial charge >= 0.3 is 11.9 Å². The van der Waals surface area contributed by atoms with Gasteiger partial charge in [0.15, 0.2) is 5.65 Å². The molecule has 0 atom stereocenters. The lowest BCUT2D eigenvalue weighted by Gasteiger charge is -2.09. The number of ether oxygens (including phenoxy) is 1. The molecule has 0 aliphatic heterocycles. The van der Waals surface area contributed by atoms with Crippen molar-refractivity contribution in [3.05, 3.63) is 66.2 Å². The van der Waals surface area contributed by atoms with Gasteiger partial charge in [0.05, 0.1) is 30.3 Å². The summed E-state index contributed by atoms with van der Waals surface area (Å²) in [5.41, 5.74) is 2.73. The molecule has 1 aromatic carbocycles. The average Bonchev–Trinajstić information content (AvgIpc) is 3.45. The zero-order chi connectivity index (χ0) is 23.4. The number of amides is 1. The van der Waals surface area contributed by atoms with Crippen molar-refractivity contribution in [3.63, 3.8) is 0 Å². The highest BCUT2D eigenvalue weighted by atomic mass is 16.5. The van der Waals surface area contributed by atoms with Crippen LogP contribution in [-0.4, -0.2) is 53.9 Å². The monoisotopic (exact) mass is 448 g/mol. The van der Waals surface area contributed by atoms with Crippen LogP contribution in [0.2, 0.25) is 0 Å². The molecule has 4 rings (SSSR count). The number of carbonyl (C=O) groups excluding carboxylic acids is 2. The third-order valence-electron chi connectivity index (χ3n) is 4.79. The van der Waals surface area contributed by atoms with Gasteiger partial charge in [0, 0.05) is 36.6 Å². The minimum atomic E-state index is -1.07. The normalized spacial score (nSPS) is 10.8. The van der Waals surface area contributed by atoms with Crippen LogP contribution in [0, 0.1) is 0 Å². The van der Waals surface area contributed by atoms with E-state index in [1.807, 2.05) is 6.07 Å². The largest absolute Gasteiger partial charge is 0.478 e. The van der Waals surface area contributed by atoms with Crippen LogP contribution < -0.4 is 5.32 Å². The maximum atomic E-state index is 12.4. The summed E-state index contributed by atoms with van der Waals surface area (Å²) in [6.45, 7) is 2.22. The molecular weight excluding hydrogens is 428 g/mol. The van der Waals surface area contributed by atoms with Crippen LogP contribution in [0.15, 0.2) is 55.1 Å². The molecule has 168 valence electrons. The molecule has 4 aromatic rings. The van der Waals surface area contributed by atoms with Gasteiger partial charge in [-0.2, -0.15) is 10.2 Å². The number of aryl methyl sites for hydroxylation is 1. The Bertz CT molecular complexity index is 1340. The molecule has 0 unspecified atom stereocenters. The zero-order valence-electron chi connectivity index (χ0n) is 17.6. The summed E-state index contributed by atoms with van der Waals surface area (Å²) in [5.74, 6) is -1.81. The summed E-state index contributed by atoms with van der Waals surface area (Å²) in [6, 6.07) is 8.94. The summed E-state index contributed by atoms with van der Waals surface area (Å²) in [6.07, 6.45) is 5.73. The third kappa shape index (κ3) is 4.71. The third-order valence-corrected chi connectivity index (χ3v) is 4.79. The van der Waals surface area contributed by atoms with Crippen LogP contribution in [0.4, 0.5) is 5.69 Å². The maximum absolute atomic E-state index is 12.4. The van der Waals surface area contributed by atoms with Crippen molar-refractivity contribution in [1.29, 1.82) is 0 Å². The van der Waals surface area contributed by atoms with Crippen molar-refractivity contribution in [2.75, 3.05) is 11.9 Å². The number of aromatic nitrogens is 5. The first kappa shape index (κ1) is 21.7. The number of fused-ring (bicyclic) bond motifs is 1. The lowest BCUT2D eigenvalue weighted by atomic mass is 10.1. The Morgan fingerprint density at radius 3 is 2.76 bits per heavy atom. The summed E-state index contributed by atoms with van der Waals surface area (Å²) in [7, 11) is 0. The maximum Gasteiger partial charge on any atom is 0.343 e. The van der Waals surface area contributed by atoms with Crippen LogP contribution >= 0.6 is 0 Å². The van der Waals surface area contributed by atoms with Gasteiger partial charge in [-0.25, -0.2) is 19.1 Å². The minimum absolute atomic E-state index is 0.0662. The number of hydrogen-bond donors (Lipinski definition) is 2. The highest BCUT2D eigenvalue weighted by Crippen LogP contribution is 2.24. The molecule has 33 heavy (non-hydrogen) atoms. The second-order valence-electron chi connectivity index (χ2n) is 7.02. The number of nitrogens with zero attached hydrogens (tertiary/aromatic N) is 5. The van der Waals surface area contributed by atoms with E-state index in [9.17, 15) is 14.4 Å². The Morgan fingerprint density at radius 1 is 1.15 bits per heavy atom. The Hall–Kier alpha value is -4.54. The van der Waals surface area contributed by atoms with Crippen LogP contribution in [0.3, 0.4) is 0 Å². The summed E-state index contributed by atoms with van der Waals surface area (Å²) < 4.78 is 8.01. The smallest absolute Gasteiger partial charge is 0.343 e. The number of nitrogens with one attached hydrogen (secondary N) is 1. The number of benzene rings is 1. The first-order valence-corrected chi connectivity index (χ1v) is 10.1. The van der Waals surface area contributed by atoms with E-state index in [1.165, 1.54) is 23.3 Å². The van der Waals surface area contributed by atoms with Gasteiger partial charge < -0.3 is 15.2 Å². The molecule has 0 saturated heterocycles. The second kappa shape index (κ2) is 9.30. The Kier molecular flexibility index (Phi) is 6.11. The van der Waals surface area contributed by atoms with Crippen molar-refractivity contribution in [2.24, 2.45) is 0 Å². The molecule has 0 spiro atoms. The first-order valence-electron chi connectivity index (χ1n) is 10.1. The fourth-order valence-corrected chi connectivity index (χ4v) is 3.26. The van der Waals surface area contributed by atoms with Crippen molar-refractivity contribution in [3.8, 4) is 11.3 Å². The molecule has 0 saturated carbocycles. The fraction of sp³-hybridized carbons (Fsp3) is 0.182. The van der Waals surface area contributed by atoms with Gasteiger partial charge in [-0.3, -0.25) is 9.48 Å². The Morgan fingerprint density at radius 2 is 2.00 bits per heavy atom. The molecule has 11 heteroatoms. The summed E-state index contributed by atoms with van der Waals surface area (Å²) in [4.78, 5) is 39.7. The van der Waals surface area contributed by atoms with Crippen LogP contribution in [0.25, 0.3) is 16.9 Å². The van der Waals surface area contributed by atoms with E-state index in [4.69, 9.17) is 9.84 Å². The summed E-state index contributed by atoms with van der Waals surface area (Å²) in [5, 5.41) is 20.0. The number of carboxylic acid groups (broad SMARTS) is 1. The number of rotatable bonds is 8. The minimum Gasteiger partial charge on any atom is -0.478 e. The topological polar surface area (TPSA) is 141 Å². The average molecular weight is 448 g/mol. The molecule has 0 bridgehead atoms. The zero-order valence-corrected chi connectivity index (χ0v) is 17.6. The van der Waals surface area contributed by atoms with Gasteiger partial charge in [0.25, 0.3) is 0 Å². The number of aromatic carboxylic acids is 1. The molecular formula is C22H20N6O5. The van der Waals surface area contributed by atoms with Gasteiger partial charge in [-0.1, -0.05) is 12.1 Å². The van der Waals surface area contributed by atoms with Crippen LogP contribution in [0.5, 0.6) is 0 Å². The van der Waals surface area contributed by atoms with E-state index >= 15 is 0 Å². The highest BCUT2D eigenvalue weighted by Gasteiger charge is 2.17. The molecule has 0 radical (unpaired) electrons. The number of carboxylic acids is 1. The Labute approximate surface area is 187 Å². The number of carbonyl (C=O) groups is 3. The number of anilines is 1. The van der Waals surface area contributed by atoms with Crippen molar-refractivity contribution < 1.29 is 24.2 Å². The molecule has 2 N–H and O–H groups in total. The standard InChI is InChI=1S/C22H20N6O5/c1-2-33-22(32)17-12-25-28-18(6-8-23-20(17)28)14-4-3-5-16(10-14)26-19(29)7-9-27-13-15(11-24-27)21(30)31/h3-6,8,10-13H,2,7,9H2,1H3,(H,26,29)(H,30,31). The predicted octanol–water partition coefficient (Wildman–Crippen LogP) is 2.50. The van der Waals surface area contributed by atoms with E-state index in [0.717, 1.165) is 5.56 Å². The fourth-order valence-electron chi connectivity index (χ4n) is 3.26. The molecule has 3 heterocycles. The molecule has 11 nitrogen and oxygen atoms in total. The second-order valence-corrected chi connectivity index (χ2v) is 7.02. The van der Waals surface area contributed by atoms with Gasteiger partial charge in [-0.15, -0.1) is 0 Å². The van der Waals surface area contributed by atoms with Gasteiger partial charge in [0.1, 0.15) is 5.56 Å². The lowest BCUT2D eigenvalue weighted by molar-refractivity contribution is -0.116. The molecule has 0 fully saturated rings. The molecule has 0 aliphatic rings. The van der Waals surface area contributed by atoms with Crippen molar-refractivity contribution in [2.45, 2.75) is 19.9 Å². The highest BCUT2D eigenvalue weighted by molar-refractivity contribution is 5.96. The van der Waals surface area contributed by atoms with Crippen molar-refractivity contribution >= 4 is 29.2 Å². The van der Waals surface area contributed by atoms with E-state index in [1.54, 1.807) is 41.9 Å². The van der Waals surface area contributed by atoms with E-state index in [2.05, 4.69) is 20.5 Å². The molecule has 3 aromatic heterocycles. The lowest BCUT2D eigenvalue weighted by Crippen LogP contribution is -2.14. The molecule has 1 amide bonds. The van der Waals surface area contributed by atoms with E-state index < -0.39 is 11.9 Å². The predicted molar refractivity (Wildman–Crippen MR) is 117 cm³/mol. The SMILES string of the molecule is CCOC(=O)c1cnn2c(-c3cccc(NC(=O)CCn4cc(C(=O)O)cn4)c3)ccnc12. The quantitative estimate of drug-likeness (QED) is 0.392. The first-order chi connectivity index (χ1) is 16.0. The van der Waals surface area contributed by atoms with E-state index in [0.29, 0.717) is 17.0 Å². The van der Waals surface area contributed by atoms with Gasteiger partial charge in [0.2, 0.25) is 5.91 Å². The van der Waals surface area contributed by atoms with Crippen LogP contribution in [0.1, 0.15) is 34.1 Å². The van der Waals surface area contributed by atoms with Crippen molar-refractivity contribution in [1.82, 2.24) is 24.4 Å². The number of hydrogen-bond acceptors (Lipinski definition) is 7. The van der Waals surface area contributed by atoms with Crippen LogP contribution in [-0.2, 0) is 16.1 Å². The van der Waals surface area contributed by atoms with E-state index in [-0.39, 0.29) is 36.6 Å². The molecule has 0 aliphatic carbocycles. The Balaban J connectivity index is 1.49. The summed E-state index contributed by atoms with van der Waals surface area (Å²) >= 11 is 0.